The van der Waals surface area contributed by atoms with Gasteiger partial charge >= 0.3 is 0 Å². The molecule has 0 N–H and O–H groups in total. The number of fused-ring (bicyclic) bond motifs is 1. The molecule has 0 bridgehead atoms. The van der Waals surface area contributed by atoms with Crippen LogP contribution in [0.1, 0.15) is 50.5 Å². The molecule has 0 spiro atoms. The number of carbonyl (C=O) groups excluding carboxylic acids is 3. The normalized spacial score (nSPS) is 23.0. The Morgan fingerprint density at radius 2 is 1.87 bits per heavy atom. The average molecular weight is 416 g/mol. The smallest absolute Gasteiger partial charge is 0.246 e. The number of amides is 3. The molecule has 1 aromatic carbocycles. The molecule has 0 aromatic heterocycles. The van der Waals surface area contributed by atoms with Gasteiger partial charge < -0.3 is 14.7 Å². The summed E-state index contributed by atoms with van der Waals surface area (Å²) in [5.74, 6) is 0.242. The second-order valence-corrected chi connectivity index (χ2v) is 8.79. The predicted molar refractivity (Wildman–Crippen MR) is 110 cm³/mol. The van der Waals surface area contributed by atoms with E-state index in [1.54, 1.807) is 17.0 Å². The molecule has 0 radical (unpaired) electrons. The first-order valence-electron chi connectivity index (χ1n) is 11.1. The van der Waals surface area contributed by atoms with Crippen molar-refractivity contribution >= 4 is 17.7 Å². The van der Waals surface area contributed by atoms with E-state index in [9.17, 15) is 18.8 Å². The lowest BCUT2D eigenvalue weighted by atomic mass is 10.0. The van der Waals surface area contributed by atoms with Crippen molar-refractivity contribution < 1.29 is 18.8 Å². The third-order valence-corrected chi connectivity index (χ3v) is 6.76. The van der Waals surface area contributed by atoms with Gasteiger partial charge in [-0.15, -0.1) is 0 Å². The highest BCUT2D eigenvalue weighted by Crippen LogP contribution is 2.29. The Labute approximate surface area is 177 Å². The third kappa shape index (κ3) is 4.65. The first-order chi connectivity index (χ1) is 14.5. The lowest BCUT2D eigenvalue weighted by Crippen LogP contribution is -2.59. The van der Waals surface area contributed by atoms with Gasteiger partial charge in [-0.1, -0.05) is 37.8 Å². The van der Waals surface area contributed by atoms with E-state index in [-0.39, 0.29) is 36.6 Å². The Morgan fingerprint density at radius 1 is 1.07 bits per heavy atom. The molecule has 1 atom stereocenters. The number of hydrogen-bond acceptors (Lipinski definition) is 3. The van der Waals surface area contributed by atoms with E-state index in [4.69, 9.17) is 0 Å². The molecular formula is C23H30FN3O3. The second-order valence-electron chi connectivity index (χ2n) is 8.79. The van der Waals surface area contributed by atoms with Gasteiger partial charge in [-0.25, -0.2) is 4.39 Å². The van der Waals surface area contributed by atoms with E-state index in [2.05, 4.69) is 0 Å². The summed E-state index contributed by atoms with van der Waals surface area (Å²) in [6.45, 7) is 1.61. The lowest BCUT2D eigenvalue weighted by Gasteiger charge is -2.39. The van der Waals surface area contributed by atoms with Crippen LogP contribution in [0.3, 0.4) is 0 Å². The largest absolute Gasteiger partial charge is 0.341 e. The highest BCUT2D eigenvalue weighted by molar-refractivity contribution is 5.95. The maximum Gasteiger partial charge on any atom is 0.246 e. The molecule has 1 aromatic rings. The van der Waals surface area contributed by atoms with Crippen molar-refractivity contribution in [1.29, 1.82) is 0 Å². The summed E-state index contributed by atoms with van der Waals surface area (Å²) in [4.78, 5) is 43.5. The molecule has 2 heterocycles. The molecule has 3 fully saturated rings. The fraction of sp³-hybridized carbons (Fsp3) is 0.609. The fourth-order valence-electron chi connectivity index (χ4n) is 5.05. The van der Waals surface area contributed by atoms with Gasteiger partial charge in [0, 0.05) is 32.6 Å². The van der Waals surface area contributed by atoms with Gasteiger partial charge in [-0.05, 0) is 36.5 Å². The van der Waals surface area contributed by atoms with Gasteiger partial charge in [-0.2, -0.15) is 0 Å². The summed E-state index contributed by atoms with van der Waals surface area (Å²) in [6.07, 6.45) is 6.97. The number of benzene rings is 1. The van der Waals surface area contributed by atoms with E-state index >= 15 is 0 Å². The zero-order chi connectivity index (χ0) is 21.1. The maximum atomic E-state index is 13.5. The van der Waals surface area contributed by atoms with Gasteiger partial charge in [0.2, 0.25) is 17.7 Å². The van der Waals surface area contributed by atoms with Gasteiger partial charge in [0.05, 0.1) is 0 Å². The van der Waals surface area contributed by atoms with Crippen molar-refractivity contribution in [3.8, 4) is 0 Å². The zero-order valence-corrected chi connectivity index (χ0v) is 17.4. The Morgan fingerprint density at radius 3 is 2.63 bits per heavy atom. The number of rotatable bonds is 5. The third-order valence-electron chi connectivity index (χ3n) is 6.76. The Bertz CT molecular complexity index is 809. The minimum absolute atomic E-state index is 0.00146. The molecule has 30 heavy (non-hydrogen) atoms. The highest BCUT2D eigenvalue weighted by Gasteiger charge is 2.41. The number of carbonyl (C=O) groups is 3. The Hall–Kier alpha value is -2.44. The second kappa shape index (κ2) is 9.14. The minimum atomic E-state index is -0.535. The van der Waals surface area contributed by atoms with Crippen LogP contribution in [0, 0.1) is 11.7 Å². The molecule has 1 unspecified atom stereocenters. The first-order valence-corrected chi connectivity index (χ1v) is 11.1. The zero-order valence-electron chi connectivity index (χ0n) is 17.4. The molecule has 2 saturated heterocycles. The molecule has 1 aliphatic carbocycles. The molecule has 1 saturated carbocycles. The summed E-state index contributed by atoms with van der Waals surface area (Å²) < 4.78 is 13.5. The maximum absolute atomic E-state index is 13.5. The standard InChI is InChI=1S/C23H30FN3O3/c24-19-7-3-6-18(14-19)15-26-16-22(29)27-13-12-25(11-10-20(27)23(26)30)21(28)9-8-17-4-1-2-5-17/h3,6-7,14,17,20H,1-2,4-5,8-13,15-16H2. The van der Waals surface area contributed by atoms with Crippen molar-refractivity contribution in [1.82, 2.24) is 14.7 Å². The molecule has 2 aliphatic heterocycles. The van der Waals surface area contributed by atoms with Crippen LogP contribution in [-0.4, -0.2) is 64.6 Å². The summed E-state index contributed by atoms with van der Waals surface area (Å²) in [6, 6.07) is 5.58. The summed E-state index contributed by atoms with van der Waals surface area (Å²) in [5.41, 5.74) is 0.668. The summed E-state index contributed by atoms with van der Waals surface area (Å²) in [5, 5.41) is 0. The number of hydrogen-bond donors (Lipinski definition) is 0. The molecule has 162 valence electrons. The minimum Gasteiger partial charge on any atom is -0.341 e. The van der Waals surface area contributed by atoms with E-state index in [0.717, 1.165) is 6.42 Å². The Kier molecular flexibility index (Phi) is 6.35. The van der Waals surface area contributed by atoms with Crippen LogP contribution < -0.4 is 0 Å². The predicted octanol–water partition coefficient (Wildman–Crippen LogP) is 2.57. The topological polar surface area (TPSA) is 60.9 Å². The molecule has 6 nitrogen and oxygen atoms in total. The van der Waals surface area contributed by atoms with Crippen molar-refractivity contribution in [3.05, 3.63) is 35.6 Å². The Balaban J connectivity index is 1.36. The van der Waals surface area contributed by atoms with E-state index < -0.39 is 6.04 Å². The van der Waals surface area contributed by atoms with E-state index in [1.807, 2.05) is 4.90 Å². The van der Waals surface area contributed by atoms with Crippen molar-refractivity contribution in [3.63, 3.8) is 0 Å². The van der Waals surface area contributed by atoms with Crippen LogP contribution >= 0.6 is 0 Å². The quantitative estimate of drug-likeness (QED) is 0.743. The lowest BCUT2D eigenvalue weighted by molar-refractivity contribution is -0.156. The molecule has 7 heteroatoms. The van der Waals surface area contributed by atoms with Crippen LogP contribution in [0.5, 0.6) is 0 Å². The number of piperazine rings is 1. The van der Waals surface area contributed by atoms with Crippen molar-refractivity contribution in [2.45, 2.75) is 57.5 Å². The summed E-state index contributed by atoms with van der Waals surface area (Å²) in [7, 11) is 0. The van der Waals surface area contributed by atoms with Gasteiger partial charge in [0.1, 0.15) is 18.4 Å². The number of nitrogens with zero attached hydrogens (tertiary/aromatic N) is 3. The van der Waals surface area contributed by atoms with Gasteiger partial charge in [0.25, 0.3) is 0 Å². The average Bonchev–Trinajstić information content (AvgIpc) is 3.14. The van der Waals surface area contributed by atoms with Crippen LogP contribution in [0.15, 0.2) is 24.3 Å². The number of halogens is 1. The van der Waals surface area contributed by atoms with Gasteiger partial charge in [0.15, 0.2) is 0 Å². The van der Waals surface area contributed by atoms with Gasteiger partial charge in [-0.3, -0.25) is 14.4 Å². The molecular weight excluding hydrogens is 385 g/mol. The monoisotopic (exact) mass is 415 g/mol. The van der Waals surface area contributed by atoms with Crippen LogP contribution in [-0.2, 0) is 20.9 Å². The van der Waals surface area contributed by atoms with Crippen LogP contribution in [0.2, 0.25) is 0 Å². The fourth-order valence-corrected chi connectivity index (χ4v) is 5.05. The molecule has 3 amide bonds. The van der Waals surface area contributed by atoms with E-state index in [0.29, 0.717) is 44.0 Å². The summed E-state index contributed by atoms with van der Waals surface area (Å²) >= 11 is 0. The van der Waals surface area contributed by atoms with Crippen LogP contribution in [0.4, 0.5) is 4.39 Å². The van der Waals surface area contributed by atoms with Crippen molar-refractivity contribution in [2.24, 2.45) is 5.92 Å². The van der Waals surface area contributed by atoms with Crippen LogP contribution in [0.25, 0.3) is 0 Å². The van der Waals surface area contributed by atoms with E-state index in [1.165, 1.54) is 42.7 Å². The highest BCUT2D eigenvalue weighted by atomic mass is 19.1. The van der Waals surface area contributed by atoms with Crippen molar-refractivity contribution in [2.75, 3.05) is 26.2 Å². The first kappa shape index (κ1) is 20.8. The SMILES string of the molecule is O=C(CCC1CCCC1)N1CCC2C(=O)N(Cc3cccc(F)c3)CC(=O)N2CC1. The molecule has 3 aliphatic rings. The molecule has 4 rings (SSSR count).